The Morgan fingerprint density at radius 2 is 1.69 bits per heavy atom. The van der Waals surface area contributed by atoms with Crippen LogP contribution in [0.2, 0.25) is 0 Å². The summed E-state index contributed by atoms with van der Waals surface area (Å²) in [5.74, 6) is 0.468. The molecule has 0 spiro atoms. The lowest BCUT2D eigenvalue weighted by atomic mass is 9.99. The highest BCUT2D eigenvalue weighted by Crippen LogP contribution is 2.38. The van der Waals surface area contributed by atoms with E-state index in [0.29, 0.717) is 5.92 Å². The minimum absolute atomic E-state index is 0.468. The normalized spacial score (nSPS) is 11.8. The zero-order chi connectivity index (χ0) is 17.7. The molecule has 0 atom stereocenters. The zero-order valence-corrected chi connectivity index (χ0v) is 14.9. The highest BCUT2D eigenvalue weighted by molar-refractivity contribution is 6.20. The third kappa shape index (κ3) is 2.22. The van der Waals surface area contributed by atoms with Gasteiger partial charge in [-0.1, -0.05) is 56.3 Å². The van der Waals surface area contributed by atoms with Crippen LogP contribution in [0, 0.1) is 0 Å². The second-order valence-corrected chi connectivity index (χ2v) is 7.07. The minimum Gasteiger partial charge on any atom is -0.455 e. The highest BCUT2D eigenvalue weighted by atomic mass is 16.3. The van der Waals surface area contributed by atoms with Crippen molar-refractivity contribution in [1.29, 1.82) is 0 Å². The van der Waals surface area contributed by atoms with Gasteiger partial charge in [0.1, 0.15) is 11.2 Å². The van der Waals surface area contributed by atoms with Gasteiger partial charge in [0, 0.05) is 22.5 Å². The van der Waals surface area contributed by atoms with E-state index in [-0.39, 0.29) is 0 Å². The summed E-state index contributed by atoms with van der Waals surface area (Å²) in [6.45, 7) is 4.40. The van der Waals surface area contributed by atoms with Gasteiger partial charge in [0.25, 0.3) is 0 Å². The fraction of sp³-hybridized carbons (Fsp3) is 0.125. The molecule has 0 N–H and O–H groups in total. The van der Waals surface area contributed by atoms with Gasteiger partial charge in [-0.05, 0) is 46.5 Å². The van der Waals surface area contributed by atoms with Gasteiger partial charge in [-0.15, -0.1) is 0 Å². The molecule has 2 aromatic heterocycles. The second kappa shape index (κ2) is 5.70. The molecule has 0 unspecified atom stereocenters. The van der Waals surface area contributed by atoms with Crippen LogP contribution in [0.5, 0.6) is 0 Å². The average molecular weight is 337 g/mol. The van der Waals surface area contributed by atoms with Crippen molar-refractivity contribution in [3.8, 4) is 11.3 Å². The number of benzene rings is 3. The molecule has 0 amide bonds. The molecule has 5 rings (SSSR count). The Morgan fingerprint density at radius 1 is 0.846 bits per heavy atom. The molecule has 2 heterocycles. The van der Waals surface area contributed by atoms with Crippen molar-refractivity contribution in [1.82, 2.24) is 4.98 Å². The van der Waals surface area contributed by atoms with Gasteiger partial charge in [-0.2, -0.15) is 0 Å². The lowest BCUT2D eigenvalue weighted by Crippen LogP contribution is -1.90. The van der Waals surface area contributed by atoms with Crippen LogP contribution in [0.3, 0.4) is 0 Å². The van der Waals surface area contributed by atoms with Crippen LogP contribution in [0.1, 0.15) is 25.3 Å². The molecule has 2 nitrogen and oxygen atoms in total. The van der Waals surface area contributed by atoms with Crippen LogP contribution >= 0.6 is 0 Å². The summed E-state index contributed by atoms with van der Waals surface area (Å²) in [6.07, 6.45) is 1.89. The quantitative estimate of drug-likeness (QED) is 0.349. The Labute approximate surface area is 152 Å². The molecule has 2 heteroatoms. The number of fused-ring (bicyclic) bond motifs is 5. The van der Waals surface area contributed by atoms with Crippen LogP contribution in [0.25, 0.3) is 44.0 Å². The Bertz CT molecular complexity index is 1260. The van der Waals surface area contributed by atoms with Gasteiger partial charge < -0.3 is 4.42 Å². The average Bonchev–Trinajstić information content (AvgIpc) is 3.07. The van der Waals surface area contributed by atoms with E-state index < -0.39 is 0 Å². The Hall–Kier alpha value is -3.13. The van der Waals surface area contributed by atoms with Crippen molar-refractivity contribution in [2.45, 2.75) is 19.8 Å². The van der Waals surface area contributed by atoms with Crippen molar-refractivity contribution in [3.05, 3.63) is 78.5 Å². The molecule has 5 aromatic rings. The van der Waals surface area contributed by atoms with Gasteiger partial charge in [0.05, 0.1) is 5.69 Å². The number of rotatable bonds is 2. The molecular weight excluding hydrogens is 318 g/mol. The van der Waals surface area contributed by atoms with Crippen molar-refractivity contribution in [2.24, 2.45) is 0 Å². The van der Waals surface area contributed by atoms with Crippen LogP contribution in [0.15, 0.2) is 77.3 Å². The van der Waals surface area contributed by atoms with Crippen LogP contribution in [-0.4, -0.2) is 4.98 Å². The first kappa shape index (κ1) is 15.2. The minimum atomic E-state index is 0.468. The molecule has 0 saturated carbocycles. The van der Waals surface area contributed by atoms with Gasteiger partial charge in [0.2, 0.25) is 0 Å². The number of aromatic nitrogens is 1. The summed E-state index contributed by atoms with van der Waals surface area (Å²) in [5, 5.41) is 4.78. The molecule has 0 aliphatic heterocycles. The number of nitrogens with zero attached hydrogens (tertiary/aromatic N) is 1. The van der Waals surface area contributed by atoms with Crippen molar-refractivity contribution < 1.29 is 4.42 Å². The summed E-state index contributed by atoms with van der Waals surface area (Å²) < 4.78 is 6.31. The van der Waals surface area contributed by atoms with E-state index in [9.17, 15) is 0 Å². The third-order valence-electron chi connectivity index (χ3n) is 5.11. The van der Waals surface area contributed by atoms with Gasteiger partial charge in [-0.25, -0.2) is 0 Å². The van der Waals surface area contributed by atoms with Gasteiger partial charge in [-0.3, -0.25) is 4.98 Å². The Kier molecular flexibility index (Phi) is 3.32. The number of pyridine rings is 1. The van der Waals surface area contributed by atoms with Crippen LogP contribution in [-0.2, 0) is 0 Å². The van der Waals surface area contributed by atoms with Crippen molar-refractivity contribution in [3.63, 3.8) is 0 Å². The SMILES string of the molecule is CC(C)c1ccnc(-c2cccc3c2oc2ccc4ccccc4c23)c1. The van der Waals surface area contributed by atoms with Crippen molar-refractivity contribution >= 4 is 32.7 Å². The van der Waals surface area contributed by atoms with Crippen LogP contribution < -0.4 is 0 Å². The smallest absolute Gasteiger partial charge is 0.144 e. The first-order valence-corrected chi connectivity index (χ1v) is 9.01. The van der Waals surface area contributed by atoms with E-state index in [2.05, 4.69) is 85.6 Å². The number of para-hydroxylation sites is 1. The molecule has 3 aromatic carbocycles. The first-order chi connectivity index (χ1) is 12.7. The maximum Gasteiger partial charge on any atom is 0.144 e. The maximum absolute atomic E-state index is 6.31. The lowest BCUT2D eigenvalue weighted by molar-refractivity contribution is 0.670. The third-order valence-corrected chi connectivity index (χ3v) is 5.11. The molecule has 0 aliphatic rings. The van der Waals surface area contributed by atoms with E-state index in [4.69, 9.17) is 4.42 Å². The lowest BCUT2D eigenvalue weighted by Gasteiger charge is -2.07. The molecule has 0 radical (unpaired) electrons. The molecule has 0 bridgehead atoms. The topological polar surface area (TPSA) is 26.0 Å². The zero-order valence-electron chi connectivity index (χ0n) is 14.9. The predicted molar refractivity (Wildman–Crippen MR) is 109 cm³/mol. The monoisotopic (exact) mass is 337 g/mol. The molecule has 126 valence electrons. The van der Waals surface area contributed by atoms with Gasteiger partial charge in [0.15, 0.2) is 0 Å². The molecule has 26 heavy (non-hydrogen) atoms. The molecule has 0 aliphatic carbocycles. The standard InChI is InChI=1S/C24H19NO/c1-15(2)17-12-13-25-21(14-17)19-8-5-9-20-23-18-7-4-3-6-16(18)10-11-22(23)26-24(19)20/h3-15H,1-2H3. The maximum atomic E-state index is 6.31. The molecular formula is C24H19NO. The van der Waals surface area contributed by atoms with E-state index in [1.165, 1.54) is 21.7 Å². The van der Waals surface area contributed by atoms with E-state index in [1.54, 1.807) is 0 Å². The first-order valence-electron chi connectivity index (χ1n) is 9.01. The number of furan rings is 1. The fourth-order valence-corrected chi connectivity index (χ4v) is 3.72. The van der Waals surface area contributed by atoms with Crippen LogP contribution in [0.4, 0.5) is 0 Å². The van der Waals surface area contributed by atoms with E-state index >= 15 is 0 Å². The second-order valence-electron chi connectivity index (χ2n) is 7.07. The van der Waals surface area contributed by atoms with E-state index in [0.717, 1.165) is 27.8 Å². The Morgan fingerprint density at radius 3 is 2.58 bits per heavy atom. The predicted octanol–water partition coefficient (Wildman–Crippen LogP) is 6.92. The summed E-state index contributed by atoms with van der Waals surface area (Å²) in [5.41, 5.74) is 5.13. The largest absolute Gasteiger partial charge is 0.455 e. The van der Waals surface area contributed by atoms with E-state index in [1.807, 2.05) is 6.20 Å². The fourth-order valence-electron chi connectivity index (χ4n) is 3.72. The van der Waals surface area contributed by atoms with Crippen molar-refractivity contribution in [2.75, 3.05) is 0 Å². The van der Waals surface area contributed by atoms with Gasteiger partial charge >= 0.3 is 0 Å². The Balaban J connectivity index is 1.86. The number of hydrogen-bond acceptors (Lipinski definition) is 2. The summed E-state index contributed by atoms with van der Waals surface area (Å²) >= 11 is 0. The summed E-state index contributed by atoms with van der Waals surface area (Å²) in [4.78, 5) is 4.61. The summed E-state index contributed by atoms with van der Waals surface area (Å²) in [6, 6.07) is 23.2. The molecule has 0 fully saturated rings. The molecule has 0 saturated heterocycles. The number of hydrogen-bond donors (Lipinski definition) is 0. The highest BCUT2D eigenvalue weighted by Gasteiger charge is 2.15. The summed E-state index contributed by atoms with van der Waals surface area (Å²) in [7, 11) is 0.